The monoisotopic (exact) mass is 384 g/mol. The lowest BCUT2D eigenvalue weighted by Gasteiger charge is -2.13. The molecule has 144 valence electrons. The van der Waals surface area contributed by atoms with Gasteiger partial charge in [0.25, 0.3) is 0 Å². The lowest BCUT2D eigenvalue weighted by atomic mass is 9.93. The third-order valence-corrected chi connectivity index (χ3v) is 6.47. The van der Waals surface area contributed by atoms with Crippen molar-refractivity contribution in [3.05, 3.63) is 69.3 Å². The van der Waals surface area contributed by atoms with Crippen LogP contribution in [0.15, 0.2) is 30.3 Å². The Morgan fingerprint density at radius 3 is 1.89 bits per heavy atom. The van der Waals surface area contributed by atoms with E-state index in [1.54, 1.807) is 0 Å². The van der Waals surface area contributed by atoms with Crippen molar-refractivity contribution in [2.45, 2.75) is 53.9 Å². The van der Waals surface area contributed by atoms with Crippen LogP contribution in [0.3, 0.4) is 0 Å². The van der Waals surface area contributed by atoms with Crippen LogP contribution >= 0.6 is 7.80 Å². The summed E-state index contributed by atoms with van der Waals surface area (Å²) in [6, 6.07) is 9.79. The summed E-state index contributed by atoms with van der Waals surface area (Å²) in [5, 5.41) is 0. The van der Waals surface area contributed by atoms with Crippen LogP contribution in [0.25, 0.3) is 0 Å². The third kappa shape index (κ3) is 4.84. The van der Waals surface area contributed by atoms with E-state index in [9.17, 15) is 14.2 Å². The number of Topliss-reactive ketones (excluding diaryl/α,β-unsaturated/α-hetero) is 1. The summed E-state index contributed by atoms with van der Waals surface area (Å²) in [4.78, 5) is 25.5. The van der Waals surface area contributed by atoms with Gasteiger partial charge in [0, 0.05) is 23.7 Å². The van der Waals surface area contributed by atoms with E-state index in [2.05, 4.69) is 0 Å². The Morgan fingerprint density at radius 1 is 0.889 bits per heavy atom. The van der Waals surface area contributed by atoms with Crippen molar-refractivity contribution >= 4 is 19.1 Å². The maximum absolute atomic E-state index is 12.8. The highest BCUT2D eigenvalue weighted by molar-refractivity contribution is 7.64. The van der Waals surface area contributed by atoms with E-state index in [0.29, 0.717) is 5.56 Å². The summed E-state index contributed by atoms with van der Waals surface area (Å²) in [5.41, 5.74) is 5.85. The average Bonchev–Trinajstić information content (AvgIpc) is 2.63. The highest BCUT2D eigenvalue weighted by Crippen LogP contribution is 2.32. The molecule has 4 heteroatoms. The highest BCUT2D eigenvalue weighted by atomic mass is 31.1. The molecule has 2 aromatic rings. The van der Waals surface area contributed by atoms with Crippen LogP contribution in [0, 0.1) is 20.8 Å². The minimum Gasteiger partial charge on any atom is -0.318 e. The average molecular weight is 384 g/mol. The number of hydrogen-bond donors (Lipinski definition) is 0. The summed E-state index contributed by atoms with van der Waals surface area (Å²) in [7, 11) is -2.53. The van der Waals surface area contributed by atoms with E-state index in [0.717, 1.165) is 46.2 Å². The van der Waals surface area contributed by atoms with Crippen molar-refractivity contribution in [3.63, 3.8) is 0 Å². The van der Waals surface area contributed by atoms with Gasteiger partial charge in [-0.2, -0.15) is 0 Å². The van der Waals surface area contributed by atoms with Gasteiger partial charge in [-0.05, 0) is 55.9 Å². The summed E-state index contributed by atoms with van der Waals surface area (Å²) in [6.45, 7) is 9.78. The molecule has 0 bridgehead atoms. The van der Waals surface area contributed by atoms with Crippen LogP contribution < -0.4 is 0 Å². The molecule has 0 fully saturated rings. The minimum atomic E-state index is -2.53. The lowest BCUT2D eigenvalue weighted by Crippen LogP contribution is -2.10. The van der Waals surface area contributed by atoms with E-state index in [-0.39, 0.29) is 23.9 Å². The molecule has 0 radical (unpaired) electrons. The Labute approximate surface area is 163 Å². The van der Waals surface area contributed by atoms with Gasteiger partial charge in [-0.25, -0.2) is 0 Å². The predicted octanol–water partition coefficient (Wildman–Crippen LogP) is 5.71. The predicted molar refractivity (Wildman–Crippen MR) is 113 cm³/mol. The number of benzene rings is 2. The molecule has 0 spiro atoms. The molecular weight excluding hydrogens is 355 g/mol. The van der Waals surface area contributed by atoms with Gasteiger partial charge in [0.1, 0.15) is 7.80 Å². The van der Waals surface area contributed by atoms with Crippen molar-refractivity contribution < 1.29 is 14.2 Å². The van der Waals surface area contributed by atoms with E-state index < -0.39 is 7.80 Å². The molecule has 3 nitrogen and oxygen atoms in total. The number of carbonyl (C=O) groups is 2. The van der Waals surface area contributed by atoms with Crippen molar-refractivity contribution in [2.75, 3.05) is 6.16 Å². The first-order valence-corrected chi connectivity index (χ1v) is 11.2. The first kappa shape index (κ1) is 21.3. The zero-order valence-electron chi connectivity index (χ0n) is 16.9. The Bertz CT molecular complexity index is 851. The molecule has 0 amide bonds. The van der Waals surface area contributed by atoms with E-state index in [1.165, 1.54) is 0 Å². The Kier molecular flexibility index (Phi) is 7.33. The standard InChI is InChI=1S/C23H29O3P/c1-6-18-9-8-10-19(7-2)22(18)20(24)11-12-27(26)23(25)21-16(4)13-15(3)14-17(21)5/h8-10,13-14,27H,6-7,11-12H2,1-5H3. The van der Waals surface area contributed by atoms with Gasteiger partial charge in [0.05, 0.1) is 0 Å². The number of rotatable bonds is 8. The third-order valence-electron chi connectivity index (χ3n) is 5.01. The summed E-state index contributed by atoms with van der Waals surface area (Å²) in [5.74, 6) is -0.00667. The molecule has 2 aromatic carbocycles. The number of carbonyl (C=O) groups excluding carboxylic acids is 2. The SMILES string of the molecule is CCc1cccc(CC)c1C(=O)CC[PH](=O)C(=O)c1c(C)cc(C)cc1C. The zero-order chi connectivity index (χ0) is 20.1. The van der Waals surface area contributed by atoms with Crippen LogP contribution in [0.1, 0.15) is 68.8 Å². The van der Waals surface area contributed by atoms with Gasteiger partial charge in [0.15, 0.2) is 5.78 Å². The van der Waals surface area contributed by atoms with Crippen molar-refractivity contribution in [1.29, 1.82) is 0 Å². The van der Waals surface area contributed by atoms with E-state index in [1.807, 2.05) is 65.0 Å². The van der Waals surface area contributed by atoms with Gasteiger partial charge in [0.2, 0.25) is 5.52 Å². The van der Waals surface area contributed by atoms with E-state index >= 15 is 0 Å². The molecule has 1 atom stereocenters. The fourth-order valence-corrected chi connectivity index (χ4v) is 5.10. The lowest BCUT2D eigenvalue weighted by molar-refractivity contribution is 0.0987. The van der Waals surface area contributed by atoms with Crippen LogP contribution in [-0.2, 0) is 17.4 Å². The molecule has 0 aromatic heterocycles. The Morgan fingerprint density at radius 2 is 1.41 bits per heavy atom. The van der Waals surface area contributed by atoms with Gasteiger partial charge >= 0.3 is 0 Å². The van der Waals surface area contributed by atoms with Crippen LogP contribution in [0.5, 0.6) is 0 Å². The second-order valence-corrected chi connectivity index (χ2v) is 8.91. The fourth-order valence-electron chi connectivity index (χ4n) is 3.74. The molecule has 2 rings (SSSR count). The van der Waals surface area contributed by atoms with E-state index in [4.69, 9.17) is 0 Å². The highest BCUT2D eigenvalue weighted by Gasteiger charge is 2.21. The molecule has 1 unspecified atom stereocenters. The minimum absolute atomic E-state index is 0.00667. The van der Waals surface area contributed by atoms with Crippen LogP contribution in [-0.4, -0.2) is 17.5 Å². The molecule has 0 aliphatic heterocycles. The van der Waals surface area contributed by atoms with Crippen molar-refractivity contribution in [1.82, 2.24) is 0 Å². The Balaban J connectivity index is 2.17. The maximum atomic E-state index is 12.8. The van der Waals surface area contributed by atoms with Gasteiger partial charge < -0.3 is 4.57 Å². The smallest absolute Gasteiger partial charge is 0.219 e. The van der Waals surface area contributed by atoms with Crippen LogP contribution in [0.4, 0.5) is 0 Å². The fraction of sp³-hybridized carbons (Fsp3) is 0.391. The first-order valence-electron chi connectivity index (χ1n) is 9.59. The maximum Gasteiger partial charge on any atom is 0.219 e. The van der Waals surface area contributed by atoms with Gasteiger partial charge in [-0.3, -0.25) is 9.59 Å². The molecule has 0 aliphatic rings. The summed E-state index contributed by atoms with van der Waals surface area (Å²) < 4.78 is 12.7. The topological polar surface area (TPSA) is 51.2 Å². The van der Waals surface area contributed by atoms with Crippen LogP contribution in [0.2, 0.25) is 0 Å². The molecule has 0 heterocycles. The van der Waals surface area contributed by atoms with Gasteiger partial charge in [-0.1, -0.05) is 49.7 Å². The zero-order valence-corrected chi connectivity index (χ0v) is 17.9. The summed E-state index contributed by atoms with van der Waals surface area (Å²) in [6.07, 6.45) is 1.85. The molecule has 27 heavy (non-hydrogen) atoms. The van der Waals surface area contributed by atoms with Crippen molar-refractivity contribution in [2.24, 2.45) is 0 Å². The number of hydrogen-bond acceptors (Lipinski definition) is 3. The summed E-state index contributed by atoms with van der Waals surface area (Å²) >= 11 is 0. The molecule has 0 aliphatic carbocycles. The number of aryl methyl sites for hydroxylation is 5. The quantitative estimate of drug-likeness (QED) is 0.433. The second-order valence-electron chi connectivity index (χ2n) is 7.11. The molecule has 0 saturated carbocycles. The van der Waals surface area contributed by atoms with Crippen molar-refractivity contribution in [3.8, 4) is 0 Å². The molecule has 0 saturated heterocycles. The molecule has 0 N–H and O–H groups in total. The molecular formula is C23H29O3P. The normalized spacial score (nSPS) is 12.0. The second kappa shape index (κ2) is 9.28. The van der Waals surface area contributed by atoms with Gasteiger partial charge in [-0.15, -0.1) is 0 Å². The Hall–Kier alpha value is -1.99. The number of ketones is 1. The largest absolute Gasteiger partial charge is 0.318 e. The first-order chi connectivity index (χ1) is 12.8.